The van der Waals surface area contributed by atoms with E-state index in [1.807, 2.05) is 25.2 Å². The summed E-state index contributed by atoms with van der Waals surface area (Å²) < 4.78 is 12.7. The van der Waals surface area contributed by atoms with Gasteiger partial charge in [-0.25, -0.2) is 4.39 Å². The maximum atomic E-state index is 12.7. The van der Waals surface area contributed by atoms with Gasteiger partial charge in [-0.05, 0) is 40.2 Å². The number of allylic oxidation sites excluding steroid dienone is 6. The fourth-order valence-electron chi connectivity index (χ4n) is 0.643. The molecule has 13 heavy (non-hydrogen) atoms. The molecule has 0 aliphatic heterocycles. The van der Waals surface area contributed by atoms with E-state index in [1.54, 1.807) is 13.8 Å². The summed E-state index contributed by atoms with van der Waals surface area (Å²) in [6.07, 6.45) is 4.86. The molecule has 0 fully saturated rings. The summed E-state index contributed by atoms with van der Waals surface area (Å²) in [5.41, 5.74) is 3.28. The molecule has 0 rings (SSSR count). The molecular formula is C12H19F. The van der Waals surface area contributed by atoms with Crippen LogP contribution in [-0.4, -0.2) is 6.17 Å². The molecule has 0 N–H and O–H groups in total. The molecule has 0 saturated heterocycles. The Hall–Kier alpha value is -0.850. The van der Waals surface area contributed by atoms with Gasteiger partial charge in [0.25, 0.3) is 0 Å². The minimum absolute atomic E-state index is 0.762. The maximum absolute atomic E-state index is 12.7. The van der Waals surface area contributed by atoms with Gasteiger partial charge in [-0.2, -0.15) is 0 Å². The van der Waals surface area contributed by atoms with Crippen LogP contribution >= 0.6 is 0 Å². The molecule has 0 amide bonds. The summed E-state index contributed by atoms with van der Waals surface area (Å²) in [6, 6.07) is 0. The first kappa shape index (κ1) is 12.2. The molecule has 1 atom stereocenters. The molecule has 0 aliphatic carbocycles. The molecule has 0 radical (unpaired) electrons. The molecule has 0 spiro atoms. The molecule has 0 nitrogen and oxygen atoms in total. The van der Waals surface area contributed by atoms with Crippen molar-refractivity contribution < 1.29 is 4.39 Å². The average molecular weight is 182 g/mol. The quantitative estimate of drug-likeness (QED) is 0.574. The van der Waals surface area contributed by atoms with Crippen molar-refractivity contribution in [3.63, 3.8) is 0 Å². The predicted octanol–water partition coefficient (Wildman–Crippen LogP) is 4.20. The maximum Gasteiger partial charge on any atom is 0.118 e. The van der Waals surface area contributed by atoms with Crippen LogP contribution in [0.2, 0.25) is 0 Å². The Morgan fingerprint density at radius 1 is 1.15 bits per heavy atom. The Bertz CT molecular complexity index is 238. The first-order valence-corrected chi connectivity index (χ1v) is 4.58. The highest BCUT2D eigenvalue weighted by Crippen LogP contribution is 2.07. The van der Waals surface area contributed by atoms with Crippen LogP contribution in [0.1, 0.15) is 34.6 Å². The molecule has 74 valence electrons. The van der Waals surface area contributed by atoms with Gasteiger partial charge in [0.1, 0.15) is 6.17 Å². The van der Waals surface area contributed by atoms with Crippen molar-refractivity contribution in [2.75, 3.05) is 0 Å². The van der Waals surface area contributed by atoms with E-state index in [0.29, 0.717) is 0 Å². The Morgan fingerprint density at radius 2 is 1.69 bits per heavy atom. The van der Waals surface area contributed by atoms with Crippen molar-refractivity contribution in [1.82, 2.24) is 0 Å². The zero-order valence-corrected chi connectivity index (χ0v) is 9.19. The van der Waals surface area contributed by atoms with E-state index in [0.717, 1.165) is 5.57 Å². The molecule has 1 heteroatoms. The summed E-state index contributed by atoms with van der Waals surface area (Å²) in [4.78, 5) is 0. The van der Waals surface area contributed by atoms with Crippen molar-refractivity contribution in [3.8, 4) is 0 Å². The lowest BCUT2D eigenvalue weighted by atomic mass is 10.1. The molecule has 0 heterocycles. The van der Waals surface area contributed by atoms with Gasteiger partial charge in [-0.1, -0.05) is 29.4 Å². The van der Waals surface area contributed by atoms with E-state index in [-0.39, 0.29) is 0 Å². The molecule has 1 unspecified atom stereocenters. The highest BCUT2D eigenvalue weighted by atomic mass is 19.1. The number of hydrogen-bond acceptors (Lipinski definition) is 0. The van der Waals surface area contributed by atoms with Crippen molar-refractivity contribution in [3.05, 3.63) is 34.9 Å². The van der Waals surface area contributed by atoms with Gasteiger partial charge < -0.3 is 0 Å². The van der Waals surface area contributed by atoms with Crippen molar-refractivity contribution in [1.29, 1.82) is 0 Å². The molecule has 0 aliphatic rings. The zero-order chi connectivity index (χ0) is 10.4. The predicted molar refractivity (Wildman–Crippen MR) is 57.5 cm³/mol. The van der Waals surface area contributed by atoms with Gasteiger partial charge >= 0.3 is 0 Å². The minimum Gasteiger partial charge on any atom is -0.243 e. The van der Waals surface area contributed by atoms with Gasteiger partial charge in [0.2, 0.25) is 0 Å². The van der Waals surface area contributed by atoms with E-state index < -0.39 is 6.17 Å². The molecule has 0 aromatic rings. The third-order valence-corrected chi connectivity index (χ3v) is 2.12. The van der Waals surface area contributed by atoms with Crippen LogP contribution in [0, 0.1) is 0 Å². The molecule has 0 saturated carbocycles. The van der Waals surface area contributed by atoms with Crippen LogP contribution in [0.15, 0.2) is 34.9 Å². The topological polar surface area (TPSA) is 0 Å². The number of rotatable bonds is 3. The second-order valence-electron chi connectivity index (χ2n) is 3.57. The van der Waals surface area contributed by atoms with E-state index in [4.69, 9.17) is 0 Å². The number of hydrogen-bond donors (Lipinski definition) is 0. The van der Waals surface area contributed by atoms with Crippen molar-refractivity contribution in [2.45, 2.75) is 40.8 Å². The second-order valence-corrected chi connectivity index (χ2v) is 3.57. The lowest BCUT2D eigenvalue weighted by Crippen LogP contribution is -1.92. The molecule has 0 aromatic heterocycles. The van der Waals surface area contributed by atoms with Gasteiger partial charge in [0, 0.05) is 0 Å². The molecule has 0 aromatic carbocycles. The van der Waals surface area contributed by atoms with Gasteiger partial charge in [-0.3, -0.25) is 0 Å². The lowest BCUT2D eigenvalue weighted by molar-refractivity contribution is 0.411. The third-order valence-electron chi connectivity index (χ3n) is 2.12. The fraction of sp³-hybridized carbons (Fsp3) is 0.500. The number of halogens is 1. The van der Waals surface area contributed by atoms with Gasteiger partial charge in [-0.15, -0.1) is 0 Å². The largest absolute Gasteiger partial charge is 0.243 e. The monoisotopic (exact) mass is 182 g/mol. The standard InChI is InChI=1S/C12H19F/c1-9(2)10(3)7-6-8-11(4)12(5)13/h6-8,12H,1-5H3/b7-6-,11-8+. The Kier molecular flexibility index (Phi) is 5.36. The van der Waals surface area contributed by atoms with E-state index in [2.05, 4.69) is 13.8 Å². The Balaban J connectivity index is 4.32. The van der Waals surface area contributed by atoms with Crippen LogP contribution in [0.25, 0.3) is 0 Å². The SMILES string of the molecule is CC(C)=C(C)/C=C\C=C(/C)C(C)F. The molecule has 0 bridgehead atoms. The van der Waals surface area contributed by atoms with Crippen molar-refractivity contribution >= 4 is 0 Å². The van der Waals surface area contributed by atoms with Gasteiger partial charge in [0.15, 0.2) is 0 Å². The van der Waals surface area contributed by atoms with Crippen LogP contribution in [0.3, 0.4) is 0 Å². The minimum atomic E-state index is -0.850. The highest BCUT2D eigenvalue weighted by Gasteiger charge is 1.96. The average Bonchev–Trinajstić information content (AvgIpc) is 2.03. The van der Waals surface area contributed by atoms with E-state index in [1.165, 1.54) is 11.1 Å². The summed E-state index contributed by atoms with van der Waals surface area (Å²) in [6.45, 7) is 9.52. The van der Waals surface area contributed by atoms with Crippen LogP contribution in [-0.2, 0) is 0 Å². The van der Waals surface area contributed by atoms with Crippen LogP contribution in [0.4, 0.5) is 4.39 Å². The van der Waals surface area contributed by atoms with E-state index >= 15 is 0 Å². The first-order valence-electron chi connectivity index (χ1n) is 4.58. The Morgan fingerprint density at radius 3 is 2.08 bits per heavy atom. The zero-order valence-electron chi connectivity index (χ0n) is 9.19. The number of alkyl halides is 1. The second kappa shape index (κ2) is 5.74. The first-order chi connectivity index (χ1) is 5.95. The smallest absolute Gasteiger partial charge is 0.118 e. The van der Waals surface area contributed by atoms with Crippen molar-refractivity contribution in [2.24, 2.45) is 0 Å². The molecular weight excluding hydrogens is 163 g/mol. The Labute approximate surface area is 80.9 Å². The third kappa shape index (κ3) is 5.40. The summed E-state index contributed by atoms with van der Waals surface area (Å²) in [7, 11) is 0. The fourth-order valence-corrected chi connectivity index (χ4v) is 0.643. The summed E-state index contributed by atoms with van der Waals surface area (Å²) >= 11 is 0. The summed E-state index contributed by atoms with van der Waals surface area (Å²) in [5.74, 6) is 0. The normalized spacial score (nSPS) is 14.8. The van der Waals surface area contributed by atoms with E-state index in [9.17, 15) is 4.39 Å². The van der Waals surface area contributed by atoms with Gasteiger partial charge in [0.05, 0.1) is 0 Å². The lowest BCUT2D eigenvalue weighted by Gasteiger charge is -1.98. The highest BCUT2D eigenvalue weighted by molar-refractivity contribution is 5.25. The van der Waals surface area contributed by atoms with Crippen LogP contribution in [0.5, 0.6) is 0 Å². The summed E-state index contributed by atoms with van der Waals surface area (Å²) in [5, 5.41) is 0. The van der Waals surface area contributed by atoms with Crippen LogP contribution < -0.4 is 0 Å².